The molecule has 84 valence electrons. The summed E-state index contributed by atoms with van der Waals surface area (Å²) in [6, 6.07) is 11.3. The highest BCUT2D eigenvalue weighted by atomic mass is 14.9. The Morgan fingerprint density at radius 1 is 1.00 bits per heavy atom. The molecule has 2 unspecified atom stereocenters. The molecule has 1 aromatic carbocycles. The molecule has 1 nitrogen and oxygen atoms in total. The Balaban J connectivity index is 2.49. The first-order valence-electron chi connectivity index (χ1n) is 5.89. The summed E-state index contributed by atoms with van der Waals surface area (Å²) < 4.78 is 0. The normalized spacial score (nSPS) is 15.3. The van der Waals surface area contributed by atoms with Crippen LogP contribution >= 0.6 is 0 Å². The molecular formula is C14H23N. The molecule has 0 heterocycles. The Kier molecular flexibility index (Phi) is 4.83. The van der Waals surface area contributed by atoms with Gasteiger partial charge in [-0.1, -0.05) is 58.0 Å². The lowest BCUT2D eigenvalue weighted by Crippen LogP contribution is -2.29. The Morgan fingerprint density at radius 2 is 1.60 bits per heavy atom. The summed E-state index contributed by atoms with van der Waals surface area (Å²) in [5.41, 5.74) is 1.44. The zero-order valence-electron chi connectivity index (χ0n) is 10.3. The number of rotatable bonds is 5. The third kappa shape index (κ3) is 4.05. The van der Waals surface area contributed by atoms with Gasteiger partial charge in [0.15, 0.2) is 0 Å². The molecule has 1 heteroatoms. The van der Waals surface area contributed by atoms with Crippen molar-refractivity contribution < 1.29 is 0 Å². The molecule has 0 radical (unpaired) electrons. The van der Waals surface area contributed by atoms with Gasteiger partial charge in [0.1, 0.15) is 0 Å². The van der Waals surface area contributed by atoms with E-state index >= 15 is 0 Å². The van der Waals surface area contributed by atoms with Crippen molar-refractivity contribution in [3.8, 4) is 0 Å². The van der Waals surface area contributed by atoms with Gasteiger partial charge in [0.2, 0.25) is 0 Å². The van der Waals surface area contributed by atoms with E-state index in [0.717, 1.165) is 6.54 Å². The van der Waals surface area contributed by atoms with Crippen LogP contribution in [-0.4, -0.2) is 12.6 Å². The van der Waals surface area contributed by atoms with Crippen molar-refractivity contribution in [3.63, 3.8) is 0 Å². The second-order valence-corrected chi connectivity index (χ2v) is 4.74. The SMILES string of the molecule is CC(C)NCC(C)C(C)c1ccccc1. The summed E-state index contributed by atoms with van der Waals surface area (Å²) in [5.74, 6) is 1.30. The Morgan fingerprint density at radius 3 is 2.13 bits per heavy atom. The van der Waals surface area contributed by atoms with Gasteiger partial charge in [-0.05, 0) is 23.9 Å². The van der Waals surface area contributed by atoms with E-state index in [1.807, 2.05) is 0 Å². The first-order valence-corrected chi connectivity index (χ1v) is 5.89. The van der Waals surface area contributed by atoms with Gasteiger partial charge in [-0.2, -0.15) is 0 Å². The van der Waals surface area contributed by atoms with E-state index in [-0.39, 0.29) is 0 Å². The molecule has 2 atom stereocenters. The maximum Gasteiger partial charge on any atom is 0.00104 e. The quantitative estimate of drug-likeness (QED) is 0.776. The van der Waals surface area contributed by atoms with E-state index in [2.05, 4.69) is 63.3 Å². The van der Waals surface area contributed by atoms with Crippen LogP contribution in [0.25, 0.3) is 0 Å². The van der Waals surface area contributed by atoms with Crippen molar-refractivity contribution in [1.29, 1.82) is 0 Å². The van der Waals surface area contributed by atoms with Crippen LogP contribution in [0.4, 0.5) is 0 Å². The van der Waals surface area contributed by atoms with Crippen LogP contribution < -0.4 is 5.32 Å². The summed E-state index contributed by atoms with van der Waals surface area (Å²) in [7, 11) is 0. The molecule has 0 aliphatic rings. The molecule has 1 rings (SSSR count). The largest absolute Gasteiger partial charge is 0.314 e. The van der Waals surface area contributed by atoms with E-state index in [9.17, 15) is 0 Å². The maximum atomic E-state index is 3.50. The maximum absolute atomic E-state index is 3.50. The highest BCUT2D eigenvalue weighted by molar-refractivity contribution is 5.19. The van der Waals surface area contributed by atoms with Crippen molar-refractivity contribution in [3.05, 3.63) is 35.9 Å². The third-order valence-corrected chi connectivity index (χ3v) is 3.03. The lowest BCUT2D eigenvalue weighted by atomic mass is 9.89. The van der Waals surface area contributed by atoms with Crippen molar-refractivity contribution >= 4 is 0 Å². The van der Waals surface area contributed by atoms with Crippen molar-refractivity contribution in [2.45, 2.75) is 39.7 Å². The molecular weight excluding hydrogens is 182 g/mol. The summed E-state index contributed by atoms with van der Waals surface area (Å²) in [4.78, 5) is 0. The minimum Gasteiger partial charge on any atom is -0.314 e. The van der Waals surface area contributed by atoms with Crippen LogP contribution in [0.2, 0.25) is 0 Å². The second kappa shape index (κ2) is 5.92. The van der Waals surface area contributed by atoms with Crippen molar-refractivity contribution in [1.82, 2.24) is 5.32 Å². The average molecular weight is 205 g/mol. The standard InChI is InChI=1S/C14H23N/c1-11(2)15-10-12(3)13(4)14-8-6-5-7-9-14/h5-9,11-13,15H,10H2,1-4H3. The van der Waals surface area contributed by atoms with E-state index in [1.165, 1.54) is 5.56 Å². The first-order chi connectivity index (χ1) is 7.11. The molecule has 1 N–H and O–H groups in total. The highest BCUT2D eigenvalue weighted by Crippen LogP contribution is 2.23. The minimum absolute atomic E-state index is 0.579. The Bertz CT molecular complexity index is 266. The Hall–Kier alpha value is -0.820. The average Bonchev–Trinajstić information content (AvgIpc) is 2.26. The van der Waals surface area contributed by atoms with E-state index in [0.29, 0.717) is 17.9 Å². The van der Waals surface area contributed by atoms with Crippen LogP contribution in [0, 0.1) is 5.92 Å². The highest BCUT2D eigenvalue weighted by Gasteiger charge is 2.13. The molecule has 0 aromatic heterocycles. The monoisotopic (exact) mass is 205 g/mol. The molecule has 0 amide bonds. The van der Waals surface area contributed by atoms with Crippen molar-refractivity contribution in [2.75, 3.05) is 6.54 Å². The lowest BCUT2D eigenvalue weighted by molar-refractivity contribution is 0.426. The number of hydrogen-bond donors (Lipinski definition) is 1. The second-order valence-electron chi connectivity index (χ2n) is 4.74. The van der Waals surface area contributed by atoms with Crippen LogP contribution in [-0.2, 0) is 0 Å². The van der Waals surface area contributed by atoms with Gasteiger partial charge in [0.25, 0.3) is 0 Å². The van der Waals surface area contributed by atoms with E-state index < -0.39 is 0 Å². The van der Waals surface area contributed by atoms with Gasteiger partial charge >= 0.3 is 0 Å². The van der Waals surface area contributed by atoms with Crippen LogP contribution in [0.3, 0.4) is 0 Å². The fourth-order valence-corrected chi connectivity index (χ4v) is 1.68. The van der Waals surface area contributed by atoms with Gasteiger partial charge in [0.05, 0.1) is 0 Å². The molecule has 0 fully saturated rings. The lowest BCUT2D eigenvalue weighted by Gasteiger charge is -2.22. The third-order valence-electron chi connectivity index (χ3n) is 3.03. The predicted octanol–water partition coefficient (Wildman–Crippen LogP) is 3.42. The summed E-state index contributed by atoms with van der Waals surface area (Å²) in [5, 5.41) is 3.50. The molecule has 0 aliphatic heterocycles. The number of hydrogen-bond acceptors (Lipinski definition) is 1. The van der Waals surface area contributed by atoms with Gasteiger partial charge in [-0.25, -0.2) is 0 Å². The zero-order valence-corrected chi connectivity index (χ0v) is 10.3. The smallest absolute Gasteiger partial charge is 0.00104 e. The molecule has 0 saturated carbocycles. The summed E-state index contributed by atoms with van der Waals surface area (Å²) in [6.07, 6.45) is 0. The fourth-order valence-electron chi connectivity index (χ4n) is 1.68. The zero-order chi connectivity index (χ0) is 11.3. The van der Waals surface area contributed by atoms with Crippen LogP contribution in [0.5, 0.6) is 0 Å². The molecule has 0 spiro atoms. The summed E-state index contributed by atoms with van der Waals surface area (Å²) in [6.45, 7) is 10.1. The van der Waals surface area contributed by atoms with Crippen molar-refractivity contribution in [2.24, 2.45) is 5.92 Å². The number of nitrogens with one attached hydrogen (secondary N) is 1. The molecule has 0 bridgehead atoms. The topological polar surface area (TPSA) is 12.0 Å². The Labute approximate surface area is 93.9 Å². The minimum atomic E-state index is 0.579. The van der Waals surface area contributed by atoms with E-state index in [1.54, 1.807) is 0 Å². The first kappa shape index (κ1) is 12.3. The molecule has 15 heavy (non-hydrogen) atoms. The van der Waals surface area contributed by atoms with Gasteiger partial charge < -0.3 is 5.32 Å². The number of benzene rings is 1. The molecule has 0 aliphatic carbocycles. The fraction of sp³-hybridized carbons (Fsp3) is 0.571. The van der Waals surface area contributed by atoms with E-state index in [4.69, 9.17) is 0 Å². The van der Waals surface area contributed by atoms with Crippen LogP contribution in [0.1, 0.15) is 39.2 Å². The molecule has 1 aromatic rings. The predicted molar refractivity (Wildman–Crippen MR) is 67.2 cm³/mol. The van der Waals surface area contributed by atoms with Gasteiger partial charge in [0, 0.05) is 6.04 Å². The van der Waals surface area contributed by atoms with Gasteiger partial charge in [-0.15, -0.1) is 0 Å². The molecule has 0 saturated heterocycles. The summed E-state index contributed by atoms with van der Waals surface area (Å²) >= 11 is 0. The van der Waals surface area contributed by atoms with Crippen LogP contribution in [0.15, 0.2) is 30.3 Å². The van der Waals surface area contributed by atoms with Gasteiger partial charge in [-0.3, -0.25) is 0 Å².